The van der Waals surface area contributed by atoms with Gasteiger partial charge in [0, 0.05) is 7.05 Å². The van der Waals surface area contributed by atoms with Crippen LogP contribution in [0.3, 0.4) is 0 Å². The molecule has 0 spiro atoms. The van der Waals surface area contributed by atoms with Crippen molar-refractivity contribution < 1.29 is 0 Å². The van der Waals surface area contributed by atoms with E-state index in [0.29, 0.717) is 0 Å². The molecule has 0 amide bonds. The maximum Gasteiger partial charge on any atom is 0.0946 e. The van der Waals surface area contributed by atoms with Crippen LogP contribution in [0.4, 0.5) is 0 Å². The van der Waals surface area contributed by atoms with Crippen LogP contribution in [0.25, 0.3) is 0 Å². The van der Waals surface area contributed by atoms with Gasteiger partial charge in [-0.1, -0.05) is 25.1 Å². The Labute approximate surface area is 109 Å². The van der Waals surface area contributed by atoms with Gasteiger partial charge >= 0.3 is 0 Å². The highest BCUT2D eigenvalue weighted by atomic mass is 15.1. The van der Waals surface area contributed by atoms with Crippen LogP contribution in [0.2, 0.25) is 0 Å². The lowest BCUT2D eigenvalue weighted by Crippen LogP contribution is -2.24. The molecule has 0 fully saturated rings. The molecular formula is C15H21N3. The predicted molar refractivity (Wildman–Crippen MR) is 74.6 cm³/mol. The van der Waals surface area contributed by atoms with E-state index in [1.807, 2.05) is 19.6 Å². The number of imidazole rings is 1. The van der Waals surface area contributed by atoms with Crippen LogP contribution in [0.5, 0.6) is 0 Å². The highest BCUT2D eigenvalue weighted by Gasteiger charge is 2.16. The molecule has 1 N–H and O–H groups in total. The van der Waals surface area contributed by atoms with Crippen LogP contribution in [0, 0.1) is 13.8 Å². The van der Waals surface area contributed by atoms with Gasteiger partial charge in [0.25, 0.3) is 0 Å². The molecule has 0 aliphatic rings. The van der Waals surface area contributed by atoms with E-state index in [-0.39, 0.29) is 6.04 Å². The van der Waals surface area contributed by atoms with Gasteiger partial charge in [-0.05, 0) is 37.1 Å². The summed E-state index contributed by atoms with van der Waals surface area (Å²) in [6.45, 7) is 7.36. The maximum atomic E-state index is 4.21. The minimum absolute atomic E-state index is 0.210. The normalized spacial score (nSPS) is 12.7. The molecule has 1 atom stereocenters. The van der Waals surface area contributed by atoms with Crippen LogP contribution in [0.1, 0.15) is 35.3 Å². The van der Waals surface area contributed by atoms with Gasteiger partial charge in [0.1, 0.15) is 0 Å². The van der Waals surface area contributed by atoms with Crippen molar-refractivity contribution in [1.29, 1.82) is 0 Å². The molecule has 0 aliphatic carbocycles. The van der Waals surface area contributed by atoms with Crippen molar-refractivity contribution in [2.75, 3.05) is 6.54 Å². The van der Waals surface area contributed by atoms with E-state index >= 15 is 0 Å². The average molecular weight is 243 g/mol. The van der Waals surface area contributed by atoms with E-state index in [4.69, 9.17) is 0 Å². The molecule has 18 heavy (non-hydrogen) atoms. The minimum atomic E-state index is 0.210. The van der Waals surface area contributed by atoms with Gasteiger partial charge in [-0.3, -0.25) is 0 Å². The fraction of sp³-hybridized carbons (Fsp3) is 0.400. The summed E-state index contributed by atoms with van der Waals surface area (Å²) in [6.07, 6.45) is 3.78. The van der Waals surface area contributed by atoms with Gasteiger partial charge in [-0.25, -0.2) is 4.98 Å². The van der Waals surface area contributed by atoms with Gasteiger partial charge in [0.15, 0.2) is 0 Å². The summed E-state index contributed by atoms with van der Waals surface area (Å²) in [5, 5.41) is 3.53. The monoisotopic (exact) mass is 243 g/mol. The van der Waals surface area contributed by atoms with Crippen molar-refractivity contribution in [2.24, 2.45) is 7.05 Å². The number of benzene rings is 1. The summed E-state index contributed by atoms with van der Waals surface area (Å²) in [5.41, 5.74) is 5.15. The fourth-order valence-electron chi connectivity index (χ4n) is 2.19. The third-order valence-corrected chi connectivity index (χ3v) is 3.42. The number of hydrogen-bond acceptors (Lipinski definition) is 2. The number of nitrogens with zero attached hydrogens (tertiary/aromatic N) is 2. The first-order chi connectivity index (χ1) is 8.63. The molecule has 3 nitrogen and oxygen atoms in total. The minimum Gasteiger partial charge on any atom is -0.336 e. The Kier molecular flexibility index (Phi) is 3.82. The zero-order valence-electron chi connectivity index (χ0n) is 11.6. The fourth-order valence-corrected chi connectivity index (χ4v) is 2.19. The number of aryl methyl sites for hydroxylation is 3. The third-order valence-electron chi connectivity index (χ3n) is 3.42. The zero-order chi connectivity index (χ0) is 13.1. The molecule has 1 aromatic carbocycles. The molecule has 1 aromatic heterocycles. The molecule has 0 bridgehead atoms. The molecule has 2 rings (SSSR count). The van der Waals surface area contributed by atoms with E-state index in [1.54, 1.807) is 0 Å². The number of hydrogen-bond donors (Lipinski definition) is 1. The molecule has 0 saturated heterocycles. The van der Waals surface area contributed by atoms with Gasteiger partial charge < -0.3 is 9.88 Å². The van der Waals surface area contributed by atoms with Crippen molar-refractivity contribution in [1.82, 2.24) is 14.9 Å². The lowest BCUT2D eigenvalue weighted by Gasteiger charge is -2.19. The quantitative estimate of drug-likeness (QED) is 0.895. The van der Waals surface area contributed by atoms with Crippen molar-refractivity contribution >= 4 is 0 Å². The number of aromatic nitrogens is 2. The molecule has 3 heteroatoms. The first kappa shape index (κ1) is 12.8. The molecule has 0 saturated carbocycles. The van der Waals surface area contributed by atoms with Gasteiger partial charge in [-0.15, -0.1) is 0 Å². The highest BCUT2D eigenvalue weighted by molar-refractivity contribution is 5.35. The Morgan fingerprint density at radius 3 is 2.61 bits per heavy atom. The second kappa shape index (κ2) is 5.36. The molecule has 0 radical (unpaired) electrons. The Bertz CT molecular complexity index is 528. The first-order valence-electron chi connectivity index (χ1n) is 6.40. The Hall–Kier alpha value is -1.61. The summed E-state index contributed by atoms with van der Waals surface area (Å²) >= 11 is 0. The van der Waals surface area contributed by atoms with Gasteiger partial charge in [0.2, 0.25) is 0 Å². The summed E-state index contributed by atoms with van der Waals surface area (Å²) < 4.78 is 2.07. The summed E-state index contributed by atoms with van der Waals surface area (Å²) in [4.78, 5) is 4.21. The van der Waals surface area contributed by atoms with E-state index in [0.717, 1.165) is 6.54 Å². The van der Waals surface area contributed by atoms with Crippen LogP contribution in [-0.2, 0) is 7.05 Å². The predicted octanol–water partition coefficient (Wildman–Crippen LogP) is 2.74. The summed E-state index contributed by atoms with van der Waals surface area (Å²) in [7, 11) is 2.04. The van der Waals surface area contributed by atoms with Gasteiger partial charge in [-0.2, -0.15) is 0 Å². The Balaban J connectivity index is 2.41. The average Bonchev–Trinajstić information content (AvgIpc) is 2.76. The second-order valence-corrected chi connectivity index (χ2v) is 4.76. The van der Waals surface area contributed by atoms with E-state index in [1.165, 1.54) is 22.4 Å². The zero-order valence-corrected chi connectivity index (χ0v) is 11.6. The molecule has 2 aromatic rings. The van der Waals surface area contributed by atoms with E-state index in [2.05, 4.69) is 53.8 Å². The smallest absolute Gasteiger partial charge is 0.0946 e. The maximum absolute atomic E-state index is 4.21. The van der Waals surface area contributed by atoms with Crippen molar-refractivity contribution in [3.8, 4) is 0 Å². The number of rotatable bonds is 4. The van der Waals surface area contributed by atoms with Crippen LogP contribution < -0.4 is 5.32 Å². The molecule has 96 valence electrons. The van der Waals surface area contributed by atoms with E-state index in [9.17, 15) is 0 Å². The highest BCUT2D eigenvalue weighted by Crippen LogP contribution is 2.23. The second-order valence-electron chi connectivity index (χ2n) is 4.76. The topological polar surface area (TPSA) is 29.9 Å². The van der Waals surface area contributed by atoms with Gasteiger partial charge in [0.05, 0.1) is 24.3 Å². The van der Waals surface area contributed by atoms with Crippen molar-refractivity contribution in [3.05, 3.63) is 53.1 Å². The molecule has 0 aliphatic heterocycles. The van der Waals surface area contributed by atoms with E-state index < -0.39 is 0 Å². The molecule has 1 heterocycles. The first-order valence-corrected chi connectivity index (χ1v) is 6.40. The molecule has 1 unspecified atom stereocenters. The number of nitrogens with one attached hydrogen (secondary N) is 1. The van der Waals surface area contributed by atoms with Crippen LogP contribution >= 0.6 is 0 Å². The third kappa shape index (κ3) is 2.46. The standard InChI is InChI=1S/C15H21N3/c1-5-17-15(14-9-16-10-18(14)4)13-7-6-11(2)12(3)8-13/h6-10,15,17H,5H2,1-4H3. The van der Waals surface area contributed by atoms with Crippen molar-refractivity contribution in [2.45, 2.75) is 26.8 Å². The summed E-state index contributed by atoms with van der Waals surface area (Å²) in [6, 6.07) is 6.85. The lowest BCUT2D eigenvalue weighted by atomic mass is 9.99. The SMILES string of the molecule is CCNC(c1ccc(C)c(C)c1)c1cncn1C. The lowest BCUT2D eigenvalue weighted by molar-refractivity contribution is 0.593. The largest absolute Gasteiger partial charge is 0.336 e. The Morgan fingerprint density at radius 1 is 1.28 bits per heavy atom. The summed E-state index contributed by atoms with van der Waals surface area (Å²) in [5.74, 6) is 0. The Morgan fingerprint density at radius 2 is 2.06 bits per heavy atom. The van der Waals surface area contributed by atoms with Crippen LogP contribution in [-0.4, -0.2) is 16.1 Å². The van der Waals surface area contributed by atoms with Crippen molar-refractivity contribution in [3.63, 3.8) is 0 Å². The molecular weight excluding hydrogens is 222 g/mol. The van der Waals surface area contributed by atoms with Crippen LogP contribution in [0.15, 0.2) is 30.7 Å².